The number of hydrogen-bond donors (Lipinski definition) is 0. The fourth-order valence-electron chi connectivity index (χ4n) is 5.47. The first-order valence-electron chi connectivity index (χ1n) is 17.5. The van der Waals surface area contributed by atoms with Gasteiger partial charge in [0.1, 0.15) is 6.10 Å². The summed E-state index contributed by atoms with van der Waals surface area (Å²) in [6.45, 7) is 10.1. The maximum atomic E-state index is 12.1. The van der Waals surface area contributed by atoms with Gasteiger partial charge < -0.3 is 4.74 Å². The van der Waals surface area contributed by atoms with Gasteiger partial charge in [-0.15, -0.1) is 0 Å². The zero-order valence-corrected chi connectivity index (χ0v) is 26.6. The first-order chi connectivity index (χ1) is 18.6. The molecule has 1 atom stereocenters. The van der Waals surface area contributed by atoms with Gasteiger partial charge in [-0.3, -0.25) is 0 Å². The minimum atomic E-state index is -0.199. The fraction of sp³-hybridized carbons (Fsp3) is 0.917. The molecule has 226 valence electrons. The van der Waals surface area contributed by atoms with Crippen molar-refractivity contribution in [1.82, 2.24) is 0 Å². The Morgan fingerprint density at radius 2 is 0.711 bits per heavy atom. The third-order valence-electron chi connectivity index (χ3n) is 8.13. The van der Waals surface area contributed by atoms with Crippen LogP contribution in [0.2, 0.25) is 0 Å². The van der Waals surface area contributed by atoms with Gasteiger partial charge in [0.05, 0.1) is 0 Å². The highest BCUT2D eigenvalue weighted by Gasteiger charge is 2.14. The van der Waals surface area contributed by atoms with Gasteiger partial charge in [0.2, 0.25) is 0 Å². The van der Waals surface area contributed by atoms with E-state index in [-0.39, 0.29) is 12.1 Å². The Bertz CT molecular complexity index is 498. The molecule has 0 aliphatic rings. The van der Waals surface area contributed by atoms with Gasteiger partial charge in [-0.25, -0.2) is 4.79 Å². The molecule has 0 aromatic rings. The lowest BCUT2D eigenvalue weighted by Gasteiger charge is -2.18. The van der Waals surface area contributed by atoms with Gasteiger partial charge in [-0.1, -0.05) is 181 Å². The quantitative estimate of drug-likeness (QED) is 0.0502. The Hall–Kier alpha value is -0.790. The minimum Gasteiger partial charge on any atom is -0.459 e. The lowest BCUT2D eigenvalue weighted by atomic mass is 10.0. The second-order valence-corrected chi connectivity index (χ2v) is 12.2. The van der Waals surface area contributed by atoms with Crippen LogP contribution in [0.3, 0.4) is 0 Å². The van der Waals surface area contributed by atoms with Crippen LogP contribution in [0.1, 0.15) is 207 Å². The van der Waals surface area contributed by atoms with Crippen LogP contribution in [-0.2, 0) is 9.53 Å². The number of rotatable bonds is 31. The summed E-state index contributed by atoms with van der Waals surface area (Å²) in [5, 5.41) is 0. The van der Waals surface area contributed by atoms with Crippen molar-refractivity contribution in [2.45, 2.75) is 213 Å². The maximum absolute atomic E-state index is 12.1. The first-order valence-corrected chi connectivity index (χ1v) is 17.5. The van der Waals surface area contributed by atoms with Gasteiger partial charge in [0, 0.05) is 5.57 Å². The number of unbranched alkanes of at least 4 members (excludes halogenated alkanes) is 25. The van der Waals surface area contributed by atoms with Crippen LogP contribution in [0.5, 0.6) is 0 Å². The molecule has 0 heterocycles. The summed E-state index contributed by atoms with van der Waals surface area (Å²) < 4.78 is 5.79. The molecule has 0 bridgehead atoms. The number of carbonyl (C=O) groups excluding carboxylic acids is 1. The van der Waals surface area contributed by atoms with E-state index in [9.17, 15) is 4.79 Å². The summed E-state index contributed by atoms with van der Waals surface area (Å²) in [5.74, 6) is -0.199. The molecule has 0 saturated carbocycles. The summed E-state index contributed by atoms with van der Waals surface area (Å²) >= 11 is 0. The summed E-state index contributed by atoms with van der Waals surface area (Å²) in [4.78, 5) is 12.1. The minimum absolute atomic E-state index is 0.0873. The molecule has 0 N–H and O–H groups in total. The zero-order valence-electron chi connectivity index (χ0n) is 26.6. The predicted octanol–water partition coefficient (Wildman–Crippen LogP) is 12.8. The molecule has 1 unspecified atom stereocenters. The number of hydrogen-bond acceptors (Lipinski definition) is 2. The van der Waals surface area contributed by atoms with E-state index in [1.807, 2.05) is 0 Å². The van der Waals surface area contributed by atoms with E-state index >= 15 is 0 Å². The molecular weight excluding hydrogens is 464 g/mol. The second kappa shape index (κ2) is 30.7. The van der Waals surface area contributed by atoms with Crippen LogP contribution in [-0.4, -0.2) is 12.1 Å². The monoisotopic (exact) mass is 535 g/mol. The van der Waals surface area contributed by atoms with E-state index in [0.717, 1.165) is 12.8 Å². The van der Waals surface area contributed by atoms with E-state index in [0.29, 0.717) is 5.57 Å². The van der Waals surface area contributed by atoms with Crippen molar-refractivity contribution in [2.24, 2.45) is 0 Å². The Morgan fingerprint density at radius 3 is 0.947 bits per heavy atom. The van der Waals surface area contributed by atoms with E-state index in [1.54, 1.807) is 6.92 Å². The molecule has 0 aromatic carbocycles. The highest BCUT2D eigenvalue weighted by Crippen LogP contribution is 2.19. The largest absolute Gasteiger partial charge is 0.459 e. The van der Waals surface area contributed by atoms with E-state index in [1.165, 1.54) is 173 Å². The molecule has 0 amide bonds. The molecule has 0 rings (SSSR count). The number of carbonyl (C=O) groups is 1. The number of ether oxygens (including phenoxy) is 1. The van der Waals surface area contributed by atoms with Crippen LogP contribution < -0.4 is 0 Å². The topological polar surface area (TPSA) is 26.3 Å². The van der Waals surface area contributed by atoms with E-state index in [2.05, 4.69) is 20.4 Å². The normalized spacial score (nSPS) is 12.1. The van der Waals surface area contributed by atoms with Crippen molar-refractivity contribution in [3.8, 4) is 0 Å². The Labute approximate surface area is 240 Å². The average molecular weight is 535 g/mol. The van der Waals surface area contributed by atoms with Crippen molar-refractivity contribution in [1.29, 1.82) is 0 Å². The molecule has 0 aromatic heterocycles. The zero-order chi connectivity index (χ0) is 27.9. The van der Waals surface area contributed by atoms with Gasteiger partial charge in [0.15, 0.2) is 0 Å². The summed E-state index contributed by atoms with van der Waals surface area (Å²) in [5.41, 5.74) is 0.529. The van der Waals surface area contributed by atoms with E-state index in [4.69, 9.17) is 4.74 Å². The van der Waals surface area contributed by atoms with Gasteiger partial charge >= 0.3 is 5.97 Å². The molecule has 0 fully saturated rings. The third kappa shape index (κ3) is 28.2. The van der Waals surface area contributed by atoms with Crippen LogP contribution in [0.25, 0.3) is 0 Å². The predicted molar refractivity (Wildman–Crippen MR) is 170 cm³/mol. The van der Waals surface area contributed by atoms with Gasteiger partial charge in [0.25, 0.3) is 0 Å². The van der Waals surface area contributed by atoms with Crippen LogP contribution in [0.15, 0.2) is 12.2 Å². The first kappa shape index (κ1) is 37.2. The molecule has 2 heteroatoms. The summed E-state index contributed by atoms with van der Waals surface area (Å²) in [6, 6.07) is 0. The van der Waals surface area contributed by atoms with Crippen LogP contribution in [0.4, 0.5) is 0 Å². The number of esters is 1. The molecular formula is C36H70O2. The molecule has 0 saturated heterocycles. The molecule has 38 heavy (non-hydrogen) atoms. The molecule has 2 nitrogen and oxygen atoms in total. The summed E-state index contributed by atoms with van der Waals surface area (Å²) in [7, 11) is 0. The van der Waals surface area contributed by atoms with Crippen molar-refractivity contribution in [2.75, 3.05) is 0 Å². The van der Waals surface area contributed by atoms with Crippen molar-refractivity contribution >= 4 is 5.97 Å². The van der Waals surface area contributed by atoms with Crippen molar-refractivity contribution < 1.29 is 9.53 Å². The second-order valence-electron chi connectivity index (χ2n) is 12.2. The van der Waals surface area contributed by atoms with Crippen molar-refractivity contribution in [3.05, 3.63) is 12.2 Å². The lowest BCUT2D eigenvalue weighted by Crippen LogP contribution is -2.18. The molecule has 0 radical (unpaired) electrons. The standard InChI is InChI=1S/C36H70O2/c1-5-7-9-11-13-15-17-19-20-21-23-25-27-29-31-33-35(38-36(37)34(3)4)32-30-28-26-24-22-18-16-14-12-10-8-6-2/h35H,3,5-33H2,1-2,4H3. The van der Waals surface area contributed by atoms with Gasteiger partial charge in [-0.2, -0.15) is 0 Å². The molecule has 0 spiro atoms. The maximum Gasteiger partial charge on any atom is 0.333 e. The lowest BCUT2D eigenvalue weighted by molar-refractivity contribution is -0.145. The smallest absolute Gasteiger partial charge is 0.333 e. The Kier molecular flexibility index (Phi) is 30.1. The van der Waals surface area contributed by atoms with Crippen LogP contribution >= 0.6 is 0 Å². The molecule has 0 aliphatic heterocycles. The summed E-state index contributed by atoms with van der Waals surface area (Å²) in [6.07, 6.45) is 39.3. The fourth-order valence-corrected chi connectivity index (χ4v) is 5.47. The third-order valence-corrected chi connectivity index (χ3v) is 8.13. The van der Waals surface area contributed by atoms with Crippen LogP contribution in [0, 0.1) is 0 Å². The van der Waals surface area contributed by atoms with Crippen molar-refractivity contribution in [3.63, 3.8) is 0 Å². The molecule has 0 aliphatic carbocycles. The Balaban J connectivity index is 3.71. The highest BCUT2D eigenvalue weighted by molar-refractivity contribution is 5.87. The Morgan fingerprint density at radius 1 is 0.474 bits per heavy atom. The average Bonchev–Trinajstić information content (AvgIpc) is 2.91. The van der Waals surface area contributed by atoms with Gasteiger partial charge in [-0.05, 0) is 32.6 Å². The SMILES string of the molecule is C=C(C)C(=O)OC(CCCCCCCCCCCCCC)CCCCCCCCCCCCCCCCC. The van der Waals surface area contributed by atoms with E-state index < -0.39 is 0 Å². The highest BCUT2D eigenvalue weighted by atomic mass is 16.5.